The first-order chi connectivity index (χ1) is 14.6. The third-order valence-electron chi connectivity index (χ3n) is 4.87. The average Bonchev–Trinajstić information content (AvgIpc) is 3.05. The number of benzene rings is 2. The Morgan fingerprint density at radius 2 is 1.55 bits per heavy atom. The number of carbonyl (C=O) groups excluding carboxylic acids is 2. The van der Waals surface area contributed by atoms with Gasteiger partial charge in [0.25, 0.3) is 0 Å². The van der Waals surface area contributed by atoms with E-state index in [1.165, 1.54) is 21.3 Å². The highest BCUT2D eigenvalue weighted by atomic mass is 16.5. The highest BCUT2D eigenvalue weighted by molar-refractivity contribution is 6.15. The Balaban J connectivity index is 1.99. The molecular weight excluding hydrogens is 400 g/mol. The van der Waals surface area contributed by atoms with E-state index in [4.69, 9.17) is 23.7 Å². The Morgan fingerprint density at radius 1 is 0.935 bits per heavy atom. The monoisotopic (exact) mass is 426 g/mol. The van der Waals surface area contributed by atoms with Crippen LogP contribution in [0.4, 0.5) is 0 Å². The Kier molecular flexibility index (Phi) is 5.97. The second-order valence-electron chi connectivity index (χ2n) is 8.09. The molecule has 0 unspecified atom stereocenters. The molecule has 1 heterocycles. The zero-order chi connectivity index (χ0) is 22.9. The van der Waals surface area contributed by atoms with Crippen LogP contribution in [0.2, 0.25) is 0 Å². The summed E-state index contributed by atoms with van der Waals surface area (Å²) in [6, 6.07) is 6.59. The van der Waals surface area contributed by atoms with Crippen molar-refractivity contribution in [2.45, 2.75) is 27.7 Å². The normalized spacial score (nSPS) is 14.2. The number of Topliss-reactive ketones (excluding diaryl/α,β-unsaturated/α-hetero) is 1. The summed E-state index contributed by atoms with van der Waals surface area (Å²) >= 11 is 0. The first kappa shape index (κ1) is 22.2. The van der Waals surface area contributed by atoms with Gasteiger partial charge in [-0.05, 0) is 52.0 Å². The molecule has 7 heteroatoms. The van der Waals surface area contributed by atoms with Crippen molar-refractivity contribution in [3.05, 3.63) is 46.7 Å². The zero-order valence-electron chi connectivity index (χ0n) is 18.7. The molecule has 1 aliphatic heterocycles. The van der Waals surface area contributed by atoms with Gasteiger partial charge in [0.2, 0.25) is 5.78 Å². The van der Waals surface area contributed by atoms with Crippen LogP contribution in [0, 0.1) is 12.3 Å². The molecule has 31 heavy (non-hydrogen) atoms. The van der Waals surface area contributed by atoms with Crippen molar-refractivity contribution < 1.29 is 33.3 Å². The number of hydrogen-bond acceptors (Lipinski definition) is 7. The summed E-state index contributed by atoms with van der Waals surface area (Å²) < 4.78 is 27.5. The van der Waals surface area contributed by atoms with Gasteiger partial charge < -0.3 is 23.7 Å². The smallest absolute Gasteiger partial charge is 0.316 e. The number of hydrogen-bond donors (Lipinski definition) is 0. The molecule has 0 aromatic heterocycles. The van der Waals surface area contributed by atoms with Crippen molar-refractivity contribution in [2.75, 3.05) is 21.3 Å². The van der Waals surface area contributed by atoms with Gasteiger partial charge in [-0.3, -0.25) is 9.59 Å². The van der Waals surface area contributed by atoms with Gasteiger partial charge >= 0.3 is 5.97 Å². The number of rotatable bonds is 5. The van der Waals surface area contributed by atoms with E-state index in [1.54, 1.807) is 58.0 Å². The van der Waals surface area contributed by atoms with Gasteiger partial charge in [0, 0.05) is 17.2 Å². The van der Waals surface area contributed by atoms with Crippen molar-refractivity contribution in [2.24, 2.45) is 5.41 Å². The Bertz CT molecular complexity index is 1070. The van der Waals surface area contributed by atoms with E-state index < -0.39 is 5.41 Å². The molecule has 0 amide bonds. The fourth-order valence-corrected chi connectivity index (χ4v) is 3.04. The maximum atomic E-state index is 12.9. The van der Waals surface area contributed by atoms with Crippen LogP contribution in [-0.2, 0) is 4.79 Å². The molecule has 7 nitrogen and oxygen atoms in total. The number of carbonyl (C=O) groups is 2. The second kappa shape index (κ2) is 8.34. The van der Waals surface area contributed by atoms with Crippen LogP contribution in [-0.4, -0.2) is 33.1 Å². The zero-order valence-corrected chi connectivity index (χ0v) is 18.7. The molecule has 3 rings (SSSR count). The highest BCUT2D eigenvalue weighted by Crippen LogP contribution is 2.41. The molecular formula is C24H26O7. The maximum Gasteiger partial charge on any atom is 0.316 e. The van der Waals surface area contributed by atoms with Gasteiger partial charge in [-0.1, -0.05) is 0 Å². The van der Waals surface area contributed by atoms with Crippen LogP contribution in [0.25, 0.3) is 6.08 Å². The fraction of sp³-hybridized carbons (Fsp3) is 0.333. The summed E-state index contributed by atoms with van der Waals surface area (Å²) in [6.07, 6.45) is 1.59. The minimum absolute atomic E-state index is 0.128. The molecule has 0 atom stereocenters. The van der Waals surface area contributed by atoms with E-state index in [0.717, 1.165) is 0 Å². The van der Waals surface area contributed by atoms with Gasteiger partial charge in [-0.15, -0.1) is 0 Å². The van der Waals surface area contributed by atoms with Gasteiger partial charge in [-0.25, -0.2) is 0 Å². The molecule has 0 N–H and O–H groups in total. The van der Waals surface area contributed by atoms with Gasteiger partial charge in [0.15, 0.2) is 17.3 Å². The average molecular weight is 426 g/mol. The number of methoxy groups -OCH3 is 3. The van der Waals surface area contributed by atoms with E-state index in [2.05, 4.69) is 0 Å². The molecule has 164 valence electrons. The van der Waals surface area contributed by atoms with E-state index in [1.807, 2.05) is 0 Å². The summed E-state index contributed by atoms with van der Waals surface area (Å²) in [5, 5.41) is 0. The first-order valence-corrected chi connectivity index (χ1v) is 9.70. The van der Waals surface area contributed by atoms with E-state index in [9.17, 15) is 9.59 Å². The topological polar surface area (TPSA) is 80.3 Å². The van der Waals surface area contributed by atoms with Gasteiger partial charge in [0.1, 0.15) is 17.2 Å². The summed E-state index contributed by atoms with van der Waals surface area (Å²) in [7, 11) is 4.58. The minimum Gasteiger partial charge on any atom is -0.496 e. The maximum absolute atomic E-state index is 12.9. The van der Waals surface area contributed by atoms with Crippen molar-refractivity contribution >= 4 is 17.8 Å². The number of esters is 1. The van der Waals surface area contributed by atoms with Gasteiger partial charge in [-0.2, -0.15) is 0 Å². The fourth-order valence-electron chi connectivity index (χ4n) is 3.04. The number of ether oxygens (including phenoxy) is 5. The van der Waals surface area contributed by atoms with Crippen molar-refractivity contribution in [1.82, 2.24) is 0 Å². The second-order valence-corrected chi connectivity index (χ2v) is 8.09. The Hall–Kier alpha value is -3.48. The number of allylic oxidation sites excluding steroid dienone is 1. The lowest BCUT2D eigenvalue weighted by Gasteiger charge is -2.18. The van der Waals surface area contributed by atoms with Crippen molar-refractivity contribution in [3.8, 4) is 28.7 Å². The van der Waals surface area contributed by atoms with Crippen molar-refractivity contribution in [1.29, 1.82) is 0 Å². The van der Waals surface area contributed by atoms with Crippen LogP contribution in [0.3, 0.4) is 0 Å². The van der Waals surface area contributed by atoms with Crippen LogP contribution < -0.4 is 23.7 Å². The van der Waals surface area contributed by atoms with Crippen molar-refractivity contribution in [3.63, 3.8) is 0 Å². The molecule has 0 spiro atoms. The third-order valence-corrected chi connectivity index (χ3v) is 4.87. The molecule has 1 aliphatic rings. The van der Waals surface area contributed by atoms with Crippen LogP contribution in [0.1, 0.15) is 42.3 Å². The molecule has 0 saturated heterocycles. The largest absolute Gasteiger partial charge is 0.496 e. The molecule has 2 aromatic carbocycles. The molecule has 0 saturated carbocycles. The standard InChI is InChI=1S/C24H26O7/c1-13-16(31-23(26)24(2,3)4)9-8-15-21(25)20(30-22(13)15)11-14-10-18(28-6)19(29-7)12-17(14)27-5/h8-12H,1-7H3/b20-11-. The van der Waals surface area contributed by atoms with Crippen LogP contribution >= 0.6 is 0 Å². The molecule has 2 aromatic rings. The molecule has 0 radical (unpaired) electrons. The predicted molar refractivity (Wildman–Crippen MR) is 115 cm³/mol. The summed E-state index contributed by atoms with van der Waals surface area (Å²) in [6.45, 7) is 7.07. The molecule has 0 aliphatic carbocycles. The van der Waals surface area contributed by atoms with Crippen LogP contribution in [0.5, 0.6) is 28.7 Å². The Morgan fingerprint density at radius 3 is 2.13 bits per heavy atom. The lowest BCUT2D eigenvalue weighted by Crippen LogP contribution is -2.25. The van der Waals surface area contributed by atoms with Gasteiger partial charge in [0.05, 0.1) is 32.3 Å². The summed E-state index contributed by atoms with van der Waals surface area (Å²) in [4.78, 5) is 25.2. The quantitative estimate of drug-likeness (QED) is 0.393. The Labute approximate surface area is 181 Å². The minimum atomic E-state index is -0.656. The lowest BCUT2D eigenvalue weighted by atomic mass is 9.97. The lowest BCUT2D eigenvalue weighted by molar-refractivity contribution is -0.143. The number of ketones is 1. The predicted octanol–water partition coefficient (Wildman–Crippen LogP) is 4.59. The molecule has 0 bridgehead atoms. The summed E-state index contributed by atoms with van der Waals surface area (Å²) in [5.74, 6) is 1.70. The van der Waals surface area contributed by atoms with E-state index >= 15 is 0 Å². The summed E-state index contributed by atoms with van der Waals surface area (Å²) in [5.41, 5.74) is 0.912. The highest BCUT2D eigenvalue weighted by Gasteiger charge is 2.32. The third kappa shape index (κ3) is 4.21. The van der Waals surface area contributed by atoms with E-state index in [0.29, 0.717) is 45.4 Å². The molecule has 0 fully saturated rings. The first-order valence-electron chi connectivity index (χ1n) is 9.70. The number of fused-ring (bicyclic) bond motifs is 1. The SMILES string of the molecule is COc1cc(OC)c(OC)cc1/C=C1\Oc2c(ccc(OC(=O)C(C)(C)C)c2C)C1=O. The van der Waals surface area contributed by atoms with E-state index in [-0.39, 0.29) is 17.5 Å². The van der Waals surface area contributed by atoms with Crippen LogP contribution in [0.15, 0.2) is 30.0 Å².